The van der Waals surface area contributed by atoms with Crippen LogP contribution in [0.1, 0.15) is 44.8 Å². The van der Waals surface area contributed by atoms with Gasteiger partial charge < -0.3 is 10.6 Å². The quantitative estimate of drug-likeness (QED) is 0.822. The second-order valence-corrected chi connectivity index (χ2v) is 7.87. The van der Waals surface area contributed by atoms with E-state index in [1.54, 1.807) is 0 Å². The van der Waals surface area contributed by atoms with Gasteiger partial charge in [0, 0.05) is 12.5 Å². The van der Waals surface area contributed by atoms with E-state index in [-0.39, 0.29) is 17.7 Å². The summed E-state index contributed by atoms with van der Waals surface area (Å²) in [7, 11) is 0. The van der Waals surface area contributed by atoms with Gasteiger partial charge in [-0.25, -0.2) is 0 Å². The Balaban J connectivity index is 1.55. The van der Waals surface area contributed by atoms with Gasteiger partial charge in [0.1, 0.15) is 0 Å². The molecule has 0 spiro atoms. The van der Waals surface area contributed by atoms with E-state index >= 15 is 0 Å². The van der Waals surface area contributed by atoms with Gasteiger partial charge in [0.05, 0.1) is 9.88 Å². The van der Waals surface area contributed by atoms with Crippen LogP contribution in [0.25, 0.3) is 0 Å². The van der Waals surface area contributed by atoms with E-state index in [1.807, 2.05) is 13.0 Å². The van der Waals surface area contributed by atoms with Crippen molar-refractivity contribution in [2.45, 2.75) is 40.0 Å². The van der Waals surface area contributed by atoms with Crippen LogP contribution in [0, 0.1) is 26.7 Å². The number of anilines is 1. The second-order valence-electron chi connectivity index (χ2n) is 6.82. The summed E-state index contributed by atoms with van der Waals surface area (Å²) in [6.07, 6.45) is 2.76. The number of nitrogens with one attached hydrogen (secondary N) is 2. The molecule has 0 aliphatic heterocycles. The predicted molar refractivity (Wildman–Crippen MR) is 102 cm³/mol. The molecule has 1 aliphatic rings. The first kappa shape index (κ1) is 17.7. The van der Waals surface area contributed by atoms with Crippen molar-refractivity contribution in [1.29, 1.82) is 0 Å². The molecule has 1 aromatic heterocycles. The standard InChI is InChI=1S/C20H24N2O2S/c1-12-4-5-15(13(2)10-12)8-9-21-20(24)18-14(3)11-17(25-18)22-19(23)16-6-7-16/h4-5,10-11,16H,6-9H2,1-3H3,(H,21,24)(H,22,23). The average molecular weight is 356 g/mol. The molecular weight excluding hydrogens is 332 g/mol. The van der Waals surface area contributed by atoms with Crippen LogP contribution in [0.3, 0.4) is 0 Å². The molecule has 25 heavy (non-hydrogen) atoms. The second kappa shape index (κ2) is 7.40. The van der Waals surface area contributed by atoms with E-state index in [0.717, 1.165) is 29.8 Å². The van der Waals surface area contributed by atoms with Crippen LogP contribution >= 0.6 is 11.3 Å². The van der Waals surface area contributed by atoms with E-state index < -0.39 is 0 Å². The third-order valence-electron chi connectivity index (χ3n) is 4.50. The number of carbonyl (C=O) groups is 2. The van der Waals surface area contributed by atoms with Crippen LogP contribution < -0.4 is 10.6 Å². The van der Waals surface area contributed by atoms with Gasteiger partial charge in [-0.3, -0.25) is 9.59 Å². The topological polar surface area (TPSA) is 58.2 Å². The molecule has 0 atom stereocenters. The largest absolute Gasteiger partial charge is 0.351 e. The highest BCUT2D eigenvalue weighted by Gasteiger charge is 2.30. The molecule has 1 saturated carbocycles. The van der Waals surface area contributed by atoms with E-state index in [4.69, 9.17) is 0 Å². The summed E-state index contributed by atoms with van der Waals surface area (Å²) in [5, 5.41) is 6.66. The molecular formula is C20H24N2O2S. The summed E-state index contributed by atoms with van der Waals surface area (Å²) in [5.41, 5.74) is 4.66. The van der Waals surface area contributed by atoms with Crippen molar-refractivity contribution in [3.63, 3.8) is 0 Å². The first-order valence-corrected chi connectivity index (χ1v) is 9.51. The number of amides is 2. The average Bonchev–Trinajstić information content (AvgIpc) is 3.33. The Morgan fingerprint density at radius 3 is 2.56 bits per heavy atom. The molecule has 0 saturated heterocycles. The van der Waals surface area contributed by atoms with Gasteiger partial charge in [-0.1, -0.05) is 23.8 Å². The molecule has 4 nitrogen and oxygen atoms in total. The van der Waals surface area contributed by atoms with E-state index in [9.17, 15) is 9.59 Å². The summed E-state index contributed by atoms with van der Waals surface area (Å²) < 4.78 is 0. The van der Waals surface area contributed by atoms with Crippen molar-refractivity contribution < 1.29 is 9.59 Å². The lowest BCUT2D eigenvalue weighted by Gasteiger charge is -2.08. The first-order valence-electron chi connectivity index (χ1n) is 8.69. The van der Waals surface area contributed by atoms with Gasteiger partial charge in [-0.2, -0.15) is 0 Å². The summed E-state index contributed by atoms with van der Waals surface area (Å²) in [5.74, 6) is 0.166. The van der Waals surface area contributed by atoms with Crippen LogP contribution in [-0.4, -0.2) is 18.4 Å². The fraction of sp³-hybridized carbons (Fsp3) is 0.400. The zero-order valence-electron chi connectivity index (χ0n) is 14.9. The van der Waals surface area contributed by atoms with Crippen LogP contribution in [0.15, 0.2) is 24.3 Å². The minimum atomic E-state index is -0.0702. The number of hydrogen-bond donors (Lipinski definition) is 2. The Morgan fingerprint density at radius 1 is 1.12 bits per heavy atom. The SMILES string of the molecule is Cc1ccc(CCNC(=O)c2sc(NC(=O)C3CC3)cc2C)c(C)c1. The molecule has 0 bridgehead atoms. The van der Waals surface area contributed by atoms with Crippen molar-refractivity contribution in [2.75, 3.05) is 11.9 Å². The summed E-state index contributed by atoms with van der Waals surface area (Å²) in [4.78, 5) is 24.9. The number of thiophene rings is 1. The predicted octanol–water partition coefficient (Wildman–Crippen LogP) is 3.99. The fourth-order valence-electron chi connectivity index (χ4n) is 2.86. The summed E-state index contributed by atoms with van der Waals surface area (Å²) in [6.45, 7) is 6.69. The van der Waals surface area contributed by atoms with Crippen LogP contribution in [-0.2, 0) is 11.2 Å². The van der Waals surface area contributed by atoms with Crippen LogP contribution in [0.5, 0.6) is 0 Å². The maximum Gasteiger partial charge on any atom is 0.261 e. The van der Waals surface area contributed by atoms with Crippen molar-refractivity contribution in [3.8, 4) is 0 Å². The monoisotopic (exact) mass is 356 g/mol. The van der Waals surface area contributed by atoms with Gasteiger partial charge in [0.2, 0.25) is 5.91 Å². The summed E-state index contributed by atoms with van der Waals surface area (Å²) >= 11 is 1.35. The Labute approximate surface area is 152 Å². The Kier molecular flexibility index (Phi) is 5.23. The van der Waals surface area contributed by atoms with Gasteiger partial charge in [-0.05, 0) is 62.8 Å². The van der Waals surface area contributed by atoms with E-state index in [1.165, 1.54) is 28.0 Å². The number of aryl methyl sites for hydroxylation is 3. The molecule has 132 valence electrons. The highest BCUT2D eigenvalue weighted by Crippen LogP contribution is 2.32. The van der Waals surface area contributed by atoms with E-state index in [0.29, 0.717) is 11.4 Å². The third kappa shape index (κ3) is 4.48. The number of hydrogen-bond acceptors (Lipinski definition) is 3. The van der Waals surface area contributed by atoms with Crippen molar-refractivity contribution >= 4 is 28.2 Å². The van der Waals surface area contributed by atoms with E-state index in [2.05, 4.69) is 42.7 Å². The van der Waals surface area contributed by atoms with Crippen LogP contribution in [0.2, 0.25) is 0 Å². The normalized spacial score (nSPS) is 13.6. The lowest BCUT2D eigenvalue weighted by atomic mass is 10.0. The number of benzene rings is 1. The Bertz CT molecular complexity index is 806. The molecule has 0 radical (unpaired) electrons. The molecule has 1 heterocycles. The van der Waals surface area contributed by atoms with Crippen LogP contribution in [0.4, 0.5) is 5.00 Å². The molecule has 2 aromatic rings. The van der Waals surface area contributed by atoms with Gasteiger partial charge in [-0.15, -0.1) is 11.3 Å². The molecule has 0 unspecified atom stereocenters. The van der Waals surface area contributed by atoms with Crippen molar-refractivity contribution in [3.05, 3.63) is 51.4 Å². The Hall–Kier alpha value is -2.14. The minimum absolute atomic E-state index is 0.0702. The third-order valence-corrected chi connectivity index (χ3v) is 5.65. The van der Waals surface area contributed by atoms with Gasteiger partial charge in [0.15, 0.2) is 0 Å². The highest BCUT2D eigenvalue weighted by molar-refractivity contribution is 7.18. The molecule has 5 heteroatoms. The molecule has 2 amide bonds. The molecule has 1 aliphatic carbocycles. The highest BCUT2D eigenvalue weighted by atomic mass is 32.1. The summed E-state index contributed by atoms with van der Waals surface area (Å²) in [6, 6.07) is 8.26. The number of rotatable bonds is 6. The maximum atomic E-state index is 12.4. The maximum absolute atomic E-state index is 12.4. The zero-order valence-corrected chi connectivity index (χ0v) is 15.8. The lowest BCUT2D eigenvalue weighted by Crippen LogP contribution is -2.25. The lowest BCUT2D eigenvalue weighted by molar-refractivity contribution is -0.117. The zero-order chi connectivity index (χ0) is 18.0. The Morgan fingerprint density at radius 2 is 1.88 bits per heavy atom. The van der Waals surface area contributed by atoms with Gasteiger partial charge >= 0.3 is 0 Å². The fourth-order valence-corrected chi connectivity index (χ4v) is 3.85. The molecule has 3 rings (SSSR count). The molecule has 2 N–H and O–H groups in total. The smallest absolute Gasteiger partial charge is 0.261 e. The first-order chi connectivity index (χ1) is 11.9. The van der Waals surface area contributed by atoms with Gasteiger partial charge in [0.25, 0.3) is 5.91 Å². The molecule has 1 fully saturated rings. The van der Waals surface area contributed by atoms with Crippen molar-refractivity contribution in [2.24, 2.45) is 5.92 Å². The van der Waals surface area contributed by atoms with Crippen molar-refractivity contribution in [1.82, 2.24) is 5.32 Å². The number of carbonyl (C=O) groups excluding carboxylic acids is 2. The molecule has 1 aromatic carbocycles. The minimum Gasteiger partial charge on any atom is -0.351 e.